The number of furan rings is 2. The first-order chi connectivity index (χ1) is 24.7. The normalized spacial score (nSPS) is 11.6. The molecule has 7 aromatic carbocycles. The highest BCUT2D eigenvalue weighted by Gasteiger charge is 2.15. The molecule has 0 fully saturated rings. The van der Waals surface area contributed by atoms with Gasteiger partial charge in [-0.2, -0.15) is 0 Å². The molecule has 0 amide bonds. The molecule has 0 spiro atoms. The Labute approximate surface area is 287 Å². The molecule has 3 aromatic heterocycles. The van der Waals surface area contributed by atoms with Crippen molar-refractivity contribution in [3.63, 3.8) is 0 Å². The zero-order chi connectivity index (χ0) is 33.0. The van der Waals surface area contributed by atoms with Crippen LogP contribution < -0.4 is 0 Å². The Balaban J connectivity index is 1.09. The van der Waals surface area contributed by atoms with E-state index in [0.717, 1.165) is 77.7 Å². The van der Waals surface area contributed by atoms with Gasteiger partial charge in [0.05, 0.1) is 11.4 Å². The van der Waals surface area contributed by atoms with E-state index in [1.165, 1.54) is 16.5 Å². The van der Waals surface area contributed by atoms with Crippen molar-refractivity contribution in [2.24, 2.45) is 0 Å². The van der Waals surface area contributed by atoms with Gasteiger partial charge in [-0.25, -0.2) is 9.97 Å². The summed E-state index contributed by atoms with van der Waals surface area (Å²) in [4.78, 5) is 10.3. The van der Waals surface area contributed by atoms with Gasteiger partial charge in [-0.3, -0.25) is 0 Å². The lowest BCUT2D eigenvalue weighted by Gasteiger charge is -2.11. The van der Waals surface area contributed by atoms with Gasteiger partial charge in [-0.1, -0.05) is 121 Å². The van der Waals surface area contributed by atoms with Crippen LogP contribution in [0.4, 0.5) is 0 Å². The maximum absolute atomic E-state index is 6.25. The molecule has 0 aliphatic heterocycles. The van der Waals surface area contributed by atoms with E-state index in [2.05, 4.69) is 127 Å². The molecule has 0 unspecified atom stereocenters. The molecular formula is C46H28N2O2. The molecule has 0 bridgehead atoms. The van der Waals surface area contributed by atoms with Crippen molar-refractivity contribution in [3.8, 4) is 56.4 Å². The van der Waals surface area contributed by atoms with Crippen LogP contribution in [0.1, 0.15) is 0 Å². The molecular weight excluding hydrogens is 613 g/mol. The van der Waals surface area contributed by atoms with Crippen LogP contribution in [0.25, 0.3) is 100 Å². The minimum Gasteiger partial charge on any atom is -0.456 e. The summed E-state index contributed by atoms with van der Waals surface area (Å²) in [6.07, 6.45) is 0. The standard InChI is InChI=1S/C46H28N2O2/c1-2-8-29(9-3-1)32-18-19-34-25-35(21-20-33(34)24-32)41-28-40(30-14-16-31(17-15-30)44-26-36-10-4-6-12-42(36)49-44)47-46(48-41)37-22-23-39-38-11-5-7-13-43(38)50-45(39)27-37/h1-28H. The Kier molecular flexibility index (Phi) is 6.46. The van der Waals surface area contributed by atoms with Gasteiger partial charge < -0.3 is 8.83 Å². The summed E-state index contributed by atoms with van der Waals surface area (Å²) in [6, 6.07) is 58.7. The fourth-order valence-corrected chi connectivity index (χ4v) is 6.88. The number of nitrogens with zero attached hydrogens (tertiary/aromatic N) is 2. The molecule has 3 heterocycles. The van der Waals surface area contributed by atoms with Crippen LogP contribution in [0.5, 0.6) is 0 Å². The molecule has 4 heteroatoms. The maximum Gasteiger partial charge on any atom is 0.160 e. The van der Waals surface area contributed by atoms with Crippen LogP contribution in [-0.2, 0) is 0 Å². The van der Waals surface area contributed by atoms with E-state index in [4.69, 9.17) is 18.8 Å². The zero-order valence-corrected chi connectivity index (χ0v) is 26.9. The Morgan fingerprint density at radius 3 is 1.76 bits per heavy atom. The predicted octanol–water partition coefficient (Wildman–Crippen LogP) is 12.6. The smallest absolute Gasteiger partial charge is 0.160 e. The van der Waals surface area contributed by atoms with Gasteiger partial charge >= 0.3 is 0 Å². The Morgan fingerprint density at radius 1 is 0.320 bits per heavy atom. The molecule has 10 aromatic rings. The van der Waals surface area contributed by atoms with Crippen LogP contribution in [-0.4, -0.2) is 9.97 Å². The fraction of sp³-hybridized carbons (Fsp3) is 0. The van der Waals surface area contributed by atoms with Gasteiger partial charge in [0.1, 0.15) is 22.5 Å². The first-order valence-electron chi connectivity index (χ1n) is 16.7. The van der Waals surface area contributed by atoms with E-state index in [-0.39, 0.29) is 0 Å². The molecule has 0 atom stereocenters. The van der Waals surface area contributed by atoms with Gasteiger partial charge in [0.25, 0.3) is 0 Å². The molecule has 0 aliphatic carbocycles. The van der Waals surface area contributed by atoms with Crippen LogP contribution in [0.15, 0.2) is 179 Å². The van der Waals surface area contributed by atoms with Crippen molar-refractivity contribution in [2.45, 2.75) is 0 Å². The SMILES string of the molecule is c1ccc(-c2ccc3cc(-c4cc(-c5ccc(-c6cc7ccccc7o6)cc5)nc(-c5ccc6c(c5)oc5ccccc56)n4)ccc3c2)cc1. The van der Waals surface area contributed by atoms with Crippen LogP contribution in [0.2, 0.25) is 0 Å². The van der Waals surface area contributed by atoms with Crippen molar-refractivity contribution in [1.82, 2.24) is 9.97 Å². The summed E-state index contributed by atoms with van der Waals surface area (Å²) in [6.45, 7) is 0. The Morgan fingerprint density at radius 2 is 0.940 bits per heavy atom. The number of hydrogen-bond acceptors (Lipinski definition) is 4. The summed E-state index contributed by atoms with van der Waals surface area (Å²) in [5.74, 6) is 1.48. The number of hydrogen-bond donors (Lipinski definition) is 0. The number of aromatic nitrogens is 2. The zero-order valence-electron chi connectivity index (χ0n) is 26.9. The molecule has 0 aliphatic rings. The van der Waals surface area contributed by atoms with E-state index in [1.54, 1.807) is 0 Å². The van der Waals surface area contributed by atoms with Crippen molar-refractivity contribution in [2.75, 3.05) is 0 Å². The topological polar surface area (TPSA) is 52.1 Å². The highest BCUT2D eigenvalue weighted by atomic mass is 16.3. The second-order valence-electron chi connectivity index (χ2n) is 12.6. The second-order valence-corrected chi connectivity index (χ2v) is 12.6. The summed E-state index contributed by atoms with van der Waals surface area (Å²) in [5, 5.41) is 5.60. The van der Waals surface area contributed by atoms with Crippen molar-refractivity contribution in [3.05, 3.63) is 170 Å². The number of para-hydroxylation sites is 2. The quantitative estimate of drug-likeness (QED) is 0.188. The van der Waals surface area contributed by atoms with Gasteiger partial charge in [-0.05, 0) is 70.4 Å². The van der Waals surface area contributed by atoms with Crippen LogP contribution in [0.3, 0.4) is 0 Å². The average Bonchev–Trinajstić information content (AvgIpc) is 3.79. The summed E-state index contributed by atoms with van der Waals surface area (Å²) < 4.78 is 12.4. The lowest BCUT2D eigenvalue weighted by Crippen LogP contribution is -1.96. The molecule has 0 saturated heterocycles. The van der Waals surface area contributed by atoms with E-state index in [1.807, 2.05) is 42.5 Å². The first kappa shape index (κ1) is 28.3. The third-order valence-electron chi connectivity index (χ3n) is 9.50. The molecule has 0 saturated carbocycles. The Hall–Kier alpha value is -6.78. The van der Waals surface area contributed by atoms with Gasteiger partial charge in [0, 0.05) is 38.4 Å². The number of benzene rings is 7. The molecule has 10 rings (SSSR count). The monoisotopic (exact) mass is 640 g/mol. The van der Waals surface area contributed by atoms with Crippen molar-refractivity contribution < 1.29 is 8.83 Å². The molecule has 0 radical (unpaired) electrons. The minimum absolute atomic E-state index is 0.640. The first-order valence-corrected chi connectivity index (χ1v) is 16.7. The molecule has 234 valence electrons. The van der Waals surface area contributed by atoms with Gasteiger partial charge in [0.2, 0.25) is 0 Å². The molecule has 4 nitrogen and oxygen atoms in total. The largest absolute Gasteiger partial charge is 0.456 e. The summed E-state index contributed by atoms with van der Waals surface area (Å²) in [7, 11) is 0. The fourth-order valence-electron chi connectivity index (χ4n) is 6.88. The van der Waals surface area contributed by atoms with E-state index in [9.17, 15) is 0 Å². The van der Waals surface area contributed by atoms with Crippen LogP contribution >= 0.6 is 0 Å². The number of fused-ring (bicyclic) bond motifs is 5. The highest BCUT2D eigenvalue weighted by Crippen LogP contribution is 2.35. The highest BCUT2D eigenvalue weighted by molar-refractivity contribution is 6.05. The van der Waals surface area contributed by atoms with E-state index < -0.39 is 0 Å². The summed E-state index contributed by atoms with van der Waals surface area (Å²) in [5.41, 5.74) is 10.6. The van der Waals surface area contributed by atoms with Crippen molar-refractivity contribution in [1.29, 1.82) is 0 Å². The predicted molar refractivity (Wildman–Crippen MR) is 204 cm³/mol. The third-order valence-corrected chi connectivity index (χ3v) is 9.50. The number of rotatable bonds is 5. The average molecular weight is 641 g/mol. The van der Waals surface area contributed by atoms with Gasteiger partial charge in [-0.15, -0.1) is 0 Å². The van der Waals surface area contributed by atoms with E-state index >= 15 is 0 Å². The third kappa shape index (κ3) is 4.94. The maximum atomic E-state index is 6.25. The summed E-state index contributed by atoms with van der Waals surface area (Å²) >= 11 is 0. The molecule has 0 N–H and O–H groups in total. The molecule has 50 heavy (non-hydrogen) atoms. The lowest BCUT2D eigenvalue weighted by atomic mass is 9.98. The van der Waals surface area contributed by atoms with Crippen LogP contribution in [0, 0.1) is 0 Å². The minimum atomic E-state index is 0.640. The Bertz CT molecular complexity index is 2830. The second kappa shape index (κ2) is 11.4. The van der Waals surface area contributed by atoms with Crippen molar-refractivity contribution >= 4 is 43.7 Å². The van der Waals surface area contributed by atoms with Gasteiger partial charge in [0.15, 0.2) is 5.82 Å². The van der Waals surface area contributed by atoms with E-state index in [0.29, 0.717) is 5.82 Å². The lowest BCUT2D eigenvalue weighted by molar-refractivity contribution is 0.631.